The molecule has 6 heteroatoms. The highest BCUT2D eigenvalue weighted by atomic mass is 35.5. The summed E-state index contributed by atoms with van der Waals surface area (Å²) in [5, 5.41) is -0.181. The Morgan fingerprint density at radius 2 is 2.24 bits per heavy atom. The predicted octanol–water partition coefficient (Wildman–Crippen LogP) is 3.00. The smallest absolute Gasteiger partial charge is 0.217 e. The van der Waals surface area contributed by atoms with Gasteiger partial charge in [0.1, 0.15) is 11.6 Å². The molecule has 2 N–H and O–H groups in total. The first-order chi connectivity index (χ1) is 10.0. The van der Waals surface area contributed by atoms with Gasteiger partial charge in [-0.1, -0.05) is 0 Å². The molecule has 1 aromatic heterocycles. The molecule has 0 saturated carbocycles. The van der Waals surface area contributed by atoms with Crippen LogP contribution in [-0.2, 0) is 11.3 Å². The second kappa shape index (κ2) is 6.80. The maximum absolute atomic E-state index is 10.8. The number of hydrogen-bond acceptors (Lipinski definition) is 3. The topological polar surface area (TPSA) is 70.1 Å². The minimum atomic E-state index is -0.263. The number of nitrogens with two attached hydrogens (primary N) is 1. The summed E-state index contributed by atoms with van der Waals surface area (Å²) in [6, 6.07) is 5.79. The van der Waals surface area contributed by atoms with Crippen molar-refractivity contribution in [2.24, 2.45) is 5.73 Å². The summed E-state index contributed by atoms with van der Waals surface area (Å²) in [6.07, 6.45) is 2.03. The van der Waals surface area contributed by atoms with Gasteiger partial charge in [-0.2, -0.15) is 0 Å². The first-order valence-electron chi connectivity index (χ1n) is 6.99. The van der Waals surface area contributed by atoms with Crippen LogP contribution in [0.15, 0.2) is 18.2 Å². The van der Waals surface area contributed by atoms with Gasteiger partial charge in [0.15, 0.2) is 0 Å². The van der Waals surface area contributed by atoms with E-state index in [2.05, 4.69) is 9.55 Å². The number of fused-ring (bicyclic) bond motifs is 1. The Hall–Kier alpha value is -1.75. The maximum atomic E-state index is 10.8. The summed E-state index contributed by atoms with van der Waals surface area (Å²) >= 11 is 6.23. The fourth-order valence-corrected chi connectivity index (χ4v) is 2.53. The van der Waals surface area contributed by atoms with Gasteiger partial charge in [-0.25, -0.2) is 4.98 Å². The molecule has 0 saturated heterocycles. The summed E-state index contributed by atoms with van der Waals surface area (Å²) in [4.78, 5) is 15.4. The van der Waals surface area contributed by atoms with Crippen molar-refractivity contribution in [3.05, 3.63) is 24.0 Å². The number of carbonyl (C=O) groups excluding carboxylic acids is 1. The lowest BCUT2D eigenvalue weighted by Crippen LogP contribution is -2.11. The van der Waals surface area contributed by atoms with Crippen LogP contribution >= 0.6 is 11.6 Å². The average Bonchev–Trinajstić information content (AvgIpc) is 2.81. The van der Waals surface area contributed by atoms with Crippen molar-refractivity contribution >= 4 is 28.5 Å². The Kier molecular flexibility index (Phi) is 5.07. The predicted molar refractivity (Wildman–Crippen MR) is 83.6 cm³/mol. The number of unbranched alkanes of at least 4 members (excludes halogenated alkanes) is 1. The molecule has 0 spiro atoms. The summed E-state index contributed by atoms with van der Waals surface area (Å²) in [5.41, 5.74) is 7.05. The zero-order valence-electron chi connectivity index (χ0n) is 12.3. The molecule has 0 aliphatic carbocycles. The highest BCUT2D eigenvalue weighted by molar-refractivity contribution is 6.20. The summed E-state index contributed by atoms with van der Waals surface area (Å²) < 4.78 is 7.33. The van der Waals surface area contributed by atoms with Gasteiger partial charge >= 0.3 is 0 Å². The molecule has 0 aliphatic heterocycles. The molecular weight excluding hydrogens is 290 g/mol. The molecule has 21 heavy (non-hydrogen) atoms. The first kappa shape index (κ1) is 15.6. The molecular formula is C15H20ClN3O2. The number of methoxy groups -OCH3 is 1. The number of imidazole rings is 1. The van der Waals surface area contributed by atoms with Crippen molar-refractivity contribution in [2.75, 3.05) is 7.11 Å². The van der Waals surface area contributed by atoms with Crippen molar-refractivity contribution in [2.45, 2.75) is 38.1 Å². The minimum Gasteiger partial charge on any atom is -0.497 e. The number of aryl methyl sites for hydroxylation is 1. The van der Waals surface area contributed by atoms with Gasteiger partial charge in [0.25, 0.3) is 0 Å². The van der Waals surface area contributed by atoms with E-state index in [9.17, 15) is 4.79 Å². The molecule has 0 fully saturated rings. The SMILES string of the molecule is COc1ccc2c(c1)nc(C(C)Cl)n2CCCCC(N)=O. The van der Waals surface area contributed by atoms with Gasteiger partial charge < -0.3 is 15.0 Å². The minimum absolute atomic E-state index is 0.181. The molecule has 0 bridgehead atoms. The van der Waals surface area contributed by atoms with Crippen molar-refractivity contribution in [1.82, 2.24) is 9.55 Å². The highest BCUT2D eigenvalue weighted by Gasteiger charge is 2.15. The third-order valence-corrected chi connectivity index (χ3v) is 3.59. The molecule has 2 rings (SSSR count). The van der Waals surface area contributed by atoms with Crippen LogP contribution in [0.2, 0.25) is 0 Å². The fourth-order valence-electron chi connectivity index (χ4n) is 2.36. The van der Waals surface area contributed by atoms with E-state index in [4.69, 9.17) is 22.1 Å². The molecule has 1 atom stereocenters. The number of amides is 1. The van der Waals surface area contributed by atoms with Gasteiger partial charge in [-0.3, -0.25) is 4.79 Å². The number of aromatic nitrogens is 2. The Bertz CT molecular complexity index is 637. The van der Waals surface area contributed by atoms with Gasteiger partial charge in [0.05, 0.1) is 23.5 Å². The van der Waals surface area contributed by atoms with E-state index in [0.29, 0.717) is 6.42 Å². The van der Waals surface area contributed by atoms with Crippen LogP contribution in [0.1, 0.15) is 37.4 Å². The van der Waals surface area contributed by atoms with Crippen molar-refractivity contribution in [1.29, 1.82) is 0 Å². The van der Waals surface area contributed by atoms with Crippen LogP contribution in [0.4, 0.5) is 0 Å². The van der Waals surface area contributed by atoms with Crippen molar-refractivity contribution < 1.29 is 9.53 Å². The molecule has 0 aliphatic rings. The number of primary amides is 1. The number of halogens is 1. The van der Waals surface area contributed by atoms with Crippen molar-refractivity contribution in [3.8, 4) is 5.75 Å². The molecule has 0 radical (unpaired) electrons. The normalized spacial score (nSPS) is 12.5. The summed E-state index contributed by atoms with van der Waals surface area (Å²) in [5.74, 6) is 1.34. The third-order valence-electron chi connectivity index (χ3n) is 3.40. The Morgan fingerprint density at radius 3 is 2.86 bits per heavy atom. The molecule has 1 aromatic carbocycles. The maximum Gasteiger partial charge on any atom is 0.217 e. The number of rotatable bonds is 7. The molecule has 1 heterocycles. The lowest BCUT2D eigenvalue weighted by Gasteiger charge is -2.10. The average molecular weight is 310 g/mol. The lowest BCUT2D eigenvalue weighted by molar-refractivity contribution is -0.118. The lowest BCUT2D eigenvalue weighted by atomic mass is 10.2. The number of carbonyl (C=O) groups is 1. The van der Waals surface area contributed by atoms with Crippen molar-refractivity contribution in [3.63, 3.8) is 0 Å². The third kappa shape index (κ3) is 3.67. The number of alkyl halides is 1. The van der Waals surface area contributed by atoms with Crippen LogP contribution < -0.4 is 10.5 Å². The monoisotopic (exact) mass is 309 g/mol. The zero-order chi connectivity index (χ0) is 15.4. The number of nitrogens with zero attached hydrogens (tertiary/aromatic N) is 2. The standard InChI is InChI=1S/C15H20ClN3O2/c1-10(16)15-18-12-9-11(21-2)6-7-13(12)19(15)8-4-3-5-14(17)20/h6-7,9-10H,3-5,8H2,1-2H3,(H2,17,20). The summed E-state index contributed by atoms with van der Waals surface area (Å²) in [7, 11) is 1.63. The first-order valence-corrected chi connectivity index (χ1v) is 7.43. The molecule has 1 unspecified atom stereocenters. The van der Waals surface area contributed by atoms with Crippen LogP contribution in [0.25, 0.3) is 11.0 Å². The summed E-state index contributed by atoms with van der Waals surface area (Å²) in [6.45, 7) is 2.67. The Labute approximate surface area is 129 Å². The van der Waals surface area contributed by atoms with Crippen LogP contribution in [0.3, 0.4) is 0 Å². The molecule has 5 nitrogen and oxygen atoms in total. The fraction of sp³-hybridized carbons (Fsp3) is 0.467. The van der Waals surface area contributed by atoms with E-state index in [1.165, 1.54) is 0 Å². The Morgan fingerprint density at radius 1 is 1.48 bits per heavy atom. The van der Waals surface area contributed by atoms with Gasteiger partial charge in [0, 0.05) is 19.0 Å². The van der Waals surface area contributed by atoms with E-state index in [1.807, 2.05) is 25.1 Å². The second-order valence-corrected chi connectivity index (χ2v) is 5.67. The van der Waals surface area contributed by atoms with E-state index in [-0.39, 0.29) is 11.3 Å². The largest absolute Gasteiger partial charge is 0.497 e. The van der Waals surface area contributed by atoms with Crippen LogP contribution in [0, 0.1) is 0 Å². The quantitative estimate of drug-likeness (QED) is 0.631. The molecule has 114 valence electrons. The number of hydrogen-bond donors (Lipinski definition) is 1. The van der Waals surface area contributed by atoms with Gasteiger partial charge in [-0.05, 0) is 31.9 Å². The highest BCUT2D eigenvalue weighted by Crippen LogP contribution is 2.27. The zero-order valence-corrected chi connectivity index (χ0v) is 13.1. The van der Waals surface area contributed by atoms with E-state index >= 15 is 0 Å². The molecule has 2 aromatic rings. The molecule has 1 amide bonds. The Balaban J connectivity index is 2.26. The second-order valence-electron chi connectivity index (χ2n) is 5.02. The van der Waals surface area contributed by atoms with E-state index in [1.54, 1.807) is 7.11 Å². The van der Waals surface area contributed by atoms with E-state index < -0.39 is 0 Å². The van der Waals surface area contributed by atoms with Gasteiger partial charge in [0.2, 0.25) is 5.91 Å². The van der Waals surface area contributed by atoms with Crippen LogP contribution in [-0.4, -0.2) is 22.6 Å². The number of benzene rings is 1. The van der Waals surface area contributed by atoms with Crippen LogP contribution in [0.5, 0.6) is 5.75 Å². The van der Waals surface area contributed by atoms with Gasteiger partial charge in [-0.15, -0.1) is 11.6 Å². The number of ether oxygens (including phenoxy) is 1. The van der Waals surface area contributed by atoms with E-state index in [0.717, 1.165) is 42.0 Å².